The topological polar surface area (TPSA) is 63.3 Å². The molecule has 0 unspecified atom stereocenters. The number of ketones is 1. The number of pyridine rings is 1. The molecule has 203 valence electrons. The SMILES string of the molecule is CC(=O)/C=C(/C)O.Cc1ccc2[c-]c3c(cc2c1)C(C)(C)c1ccc(CC(C)C)c2oc4ccnc-3c4c12.[Ir]. The van der Waals surface area contributed by atoms with E-state index in [0.29, 0.717) is 5.92 Å². The van der Waals surface area contributed by atoms with E-state index in [-0.39, 0.29) is 37.1 Å². The van der Waals surface area contributed by atoms with Crippen LogP contribution in [0.4, 0.5) is 0 Å². The van der Waals surface area contributed by atoms with Gasteiger partial charge >= 0.3 is 0 Å². The molecule has 0 spiro atoms. The molecule has 0 amide bonds. The summed E-state index contributed by atoms with van der Waals surface area (Å²) >= 11 is 0. The minimum atomic E-state index is -0.199. The minimum Gasteiger partial charge on any atom is -0.512 e. The predicted molar refractivity (Wildman–Crippen MR) is 156 cm³/mol. The molecule has 1 aliphatic rings. The third-order valence-electron chi connectivity index (χ3n) is 7.27. The second-order valence-corrected chi connectivity index (χ2v) is 11.4. The van der Waals surface area contributed by atoms with Gasteiger partial charge < -0.3 is 9.52 Å². The Labute approximate surface area is 243 Å². The number of rotatable bonds is 3. The summed E-state index contributed by atoms with van der Waals surface area (Å²) in [5.41, 5.74) is 8.96. The van der Waals surface area contributed by atoms with E-state index >= 15 is 0 Å². The molecule has 0 fully saturated rings. The number of fused-ring (bicyclic) bond motifs is 3. The van der Waals surface area contributed by atoms with E-state index in [9.17, 15) is 4.79 Å². The van der Waals surface area contributed by atoms with Crippen molar-refractivity contribution in [2.75, 3.05) is 0 Å². The van der Waals surface area contributed by atoms with Gasteiger partial charge in [0.05, 0.1) is 5.76 Å². The summed E-state index contributed by atoms with van der Waals surface area (Å²) in [6.07, 6.45) is 4.04. The van der Waals surface area contributed by atoms with E-state index in [1.807, 2.05) is 12.3 Å². The van der Waals surface area contributed by atoms with E-state index in [2.05, 4.69) is 77.1 Å². The summed E-state index contributed by atoms with van der Waals surface area (Å²) in [6.45, 7) is 14.2. The summed E-state index contributed by atoms with van der Waals surface area (Å²) in [7, 11) is 0. The first-order valence-corrected chi connectivity index (χ1v) is 13.2. The first-order chi connectivity index (χ1) is 18.0. The van der Waals surface area contributed by atoms with Gasteiger partial charge in [-0.1, -0.05) is 74.0 Å². The zero-order chi connectivity index (χ0) is 27.4. The van der Waals surface area contributed by atoms with Gasteiger partial charge in [-0.05, 0) is 55.7 Å². The zero-order valence-corrected chi connectivity index (χ0v) is 25.9. The Morgan fingerprint density at radius 2 is 1.82 bits per heavy atom. The van der Waals surface area contributed by atoms with Crippen LogP contribution in [-0.2, 0) is 36.7 Å². The number of nitrogens with zero attached hydrogens (tertiary/aromatic N) is 1. The number of carbonyl (C=O) groups excluding carboxylic acids is 1. The van der Waals surface area contributed by atoms with Crippen molar-refractivity contribution in [1.82, 2.24) is 4.98 Å². The molecule has 2 heterocycles. The number of aryl methyl sites for hydroxylation is 1. The average molecular weight is 697 g/mol. The number of allylic oxidation sites excluding steroid dienone is 2. The van der Waals surface area contributed by atoms with Crippen LogP contribution >= 0.6 is 0 Å². The number of hydrogen-bond donors (Lipinski definition) is 1. The first-order valence-electron chi connectivity index (χ1n) is 13.2. The van der Waals surface area contributed by atoms with Crippen molar-refractivity contribution in [3.63, 3.8) is 0 Å². The molecule has 3 aromatic carbocycles. The van der Waals surface area contributed by atoms with Crippen LogP contribution in [0.1, 0.15) is 63.8 Å². The van der Waals surface area contributed by atoms with Gasteiger partial charge in [-0.3, -0.25) is 9.78 Å². The van der Waals surface area contributed by atoms with Crippen LogP contribution in [0.15, 0.2) is 64.9 Å². The Kier molecular flexibility index (Phi) is 7.89. The van der Waals surface area contributed by atoms with Gasteiger partial charge in [0, 0.05) is 48.8 Å². The number of aliphatic hydroxyl groups is 1. The van der Waals surface area contributed by atoms with Gasteiger partial charge in [0.1, 0.15) is 11.2 Å². The Hall–Kier alpha value is -3.27. The maximum atomic E-state index is 10.0. The fourth-order valence-corrected chi connectivity index (χ4v) is 5.65. The molecule has 0 aliphatic heterocycles. The summed E-state index contributed by atoms with van der Waals surface area (Å²) in [5, 5.41) is 13.1. The van der Waals surface area contributed by atoms with Crippen LogP contribution < -0.4 is 0 Å². The Morgan fingerprint density at radius 3 is 2.46 bits per heavy atom. The van der Waals surface area contributed by atoms with Gasteiger partial charge in [0.2, 0.25) is 0 Å². The molecule has 1 N–H and O–H groups in total. The summed E-state index contributed by atoms with van der Waals surface area (Å²) in [6, 6.07) is 19.3. The van der Waals surface area contributed by atoms with E-state index in [1.165, 1.54) is 52.9 Å². The quantitative estimate of drug-likeness (QED) is 0.116. The number of aromatic nitrogens is 1. The van der Waals surface area contributed by atoms with Gasteiger partial charge in [-0.25, -0.2) is 0 Å². The van der Waals surface area contributed by atoms with Crippen LogP contribution in [0.25, 0.3) is 44.0 Å². The third-order valence-corrected chi connectivity index (χ3v) is 7.27. The fraction of sp³-hybridized carbons (Fsp3) is 0.294. The van der Waals surface area contributed by atoms with E-state index in [1.54, 1.807) is 0 Å². The molecule has 4 nitrogen and oxygen atoms in total. The Balaban J connectivity index is 0.000000394. The van der Waals surface area contributed by atoms with Gasteiger partial charge in [-0.2, -0.15) is 0 Å². The number of furan rings is 1. The van der Waals surface area contributed by atoms with Crippen molar-refractivity contribution in [3.05, 3.63) is 88.8 Å². The molecule has 2 aromatic heterocycles. The first kappa shape index (κ1) is 28.7. The normalized spacial score (nSPS) is 13.7. The largest absolute Gasteiger partial charge is 0.512 e. The van der Waals surface area contributed by atoms with E-state index in [4.69, 9.17) is 14.5 Å². The van der Waals surface area contributed by atoms with Crippen LogP contribution in [0.2, 0.25) is 0 Å². The predicted octanol–water partition coefficient (Wildman–Crippen LogP) is 8.78. The molecule has 5 heteroatoms. The van der Waals surface area contributed by atoms with Crippen LogP contribution in [0.3, 0.4) is 0 Å². The fourth-order valence-electron chi connectivity index (χ4n) is 5.65. The Bertz CT molecular complexity index is 1750. The number of hydrogen-bond acceptors (Lipinski definition) is 4. The molecule has 0 atom stereocenters. The minimum absolute atomic E-state index is 0. The molecule has 6 rings (SSSR count). The van der Waals surface area contributed by atoms with Crippen LogP contribution in [-0.4, -0.2) is 15.9 Å². The third kappa shape index (κ3) is 5.18. The molecule has 0 saturated heterocycles. The second kappa shape index (κ2) is 10.7. The molecule has 39 heavy (non-hydrogen) atoms. The molecule has 0 bridgehead atoms. The van der Waals surface area contributed by atoms with Crippen molar-refractivity contribution in [3.8, 4) is 11.3 Å². The summed E-state index contributed by atoms with van der Waals surface area (Å²) in [5.74, 6) is 0.504. The van der Waals surface area contributed by atoms with Gasteiger partial charge in [-0.15, -0.1) is 23.6 Å². The van der Waals surface area contributed by atoms with Gasteiger partial charge in [0.15, 0.2) is 5.78 Å². The monoisotopic (exact) mass is 697 g/mol. The van der Waals surface area contributed by atoms with E-state index < -0.39 is 0 Å². The Morgan fingerprint density at radius 1 is 1.08 bits per heavy atom. The standard InChI is InChI=1S/C29H26NO.C5H8O2.Ir/c1-16(2)12-19-8-9-22-25-26-24(31-28(19)25)10-11-30-27(26)21-14-18-7-6-17(3)13-20(18)15-23(21)29(22,4)5;1-4(6)3-5(2)7;/h6-11,13,15-16H,12H2,1-5H3;3,6H,1-2H3;/q-1;;/b;4-3-;. The maximum Gasteiger partial charge on any atom is 0.155 e. The zero-order valence-electron chi connectivity index (χ0n) is 23.5. The molecule has 0 saturated carbocycles. The van der Waals surface area contributed by atoms with Crippen molar-refractivity contribution < 1.29 is 34.4 Å². The number of aliphatic hydroxyl groups excluding tert-OH is 1. The van der Waals surface area contributed by atoms with Crippen molar-refractivity contribution in [1.29, 1.82) is 0 Å². The van der Waals surface area contributed by atoms with Crippen molar-refractivity contribution in [2.24, 2.45) is 5.92 Å². The smallest absolute Gasteiger partial charge is 0.155 e. The van der Waals surface area contributed by atoms with Gasteiger partial charge in [0.25, 0.3) is 0 Å². The average Bonchev–Trinajstić information content (AvgIpc) is 3.19. The number of carbonyl (C=O) groups is 1. The molecule has 1 aliphatic carbocycles. The van der Waals surface area contributed by atoms with E-state index in [0.717, 1.165) is 39.6 Å². The number of benzene rings is 3. The summed E-state index contributed by atoms with van der Waals surface area (Å²) < 4.78 is 6.50. The summed E-state index contributed by atoms with van der Waals surface area (Å²) in [4.78, 5) is 14.9. The molecule has 1 radical (unpaired) electrons. The molecular weight excluding hydrogens is 663 g/mol. The second-order valence-electron chi connectivity index (χ2n) is 11.4. The molecule has 5 aromatic rings. The van der Waals surface area contributed by atoms with Crippen molar-refractivity contribution in [2.45, 2.75) is 60.3 Å². The van der Waals surface area contributed by atoms with Crippen LogP contribution in [0, 0.1) is 18.9 Å². The van der Waals surface area contributed by atoms with Crippen LogP contribution in [0.5, 0.6) is 0 Å². The molecular formula is C34H34IrNO3-. The maximum absolute atomic E-state index is 10.0. The van der Waals surface area contributed by atoms with Crippen molar-refractivity contribution >= 4 is 38.5 Å².